The van der Waals surface area contributed by atoms with Crippen LogP contribution in [0.4, 0.5) is 13.2 Å². The van der Waals surface area contributed by atoms with Crippen LogP contribution in [0.3, 0.4) is 0 Å². The molecule has 1 aromatic carbocycles. The number of carboxylic acids is 1. The number of hydrogen-bond acceptors (Lipinski definition) is 2. The number of amides is 1. The summed E-state index contributed by atoms with van der Waals surface area (Å²) in [6.07, 6.45) is 0.580. The molecule has 0 aliphatic heterocycles. The Balaban J connectivity index is 2.98. The minimum absolute atomic E-state index is 0.117. The van der Waals surface area contributed by atoms with Crippen molar-refractivity contribution in [1.82, 2.24) is 5.32 Å². The molecular formula is C12H12F3NO3. The number of benzene rings is 1. The lowest BCUT2D eigenvalue weighted by Crippen LogP contribution is -2.41. The first-order valence-electron chi connectivity index (χ1n) is 5.55. The first-order valence-corrected chi connectivity index (χ1v) is 5.55. The molecule has 1 atom stereocenters. The van der Waals surface area contributed by atoms with Crippen LogP contribution >= 0.6 is 0 Å². The molecule has 0 saturated carbocycles. The quantitative estimate of drug-likeness (QED) is 0.864. The van der Waals surface area contributed by atoms with Gasteiger partial charge in [0.25, 0.3) is 5.91 Å². The molecule has 0 radical (unpaired) electrons. The Morgan fingerprint density at radius 1 is 1.26 bits per heavy atom. The highest BCUT2D eigenvalue weighted by molar-refractivity contribution is 5.97. The Hall–Kier alpha value is -2.05. The molecule has 1 aromatic rings. The van der Waals surface area contributed by atoms with E-state index >= 15 is 0 Å². The molecule has 104 valence electrons. The second-order valence-electron chi connectivity index (χ2n) is 3.90. The van der Waals surface area contributed by atoms with E-state index in [-0.39, 0.29) is 6.42 Å². The van der Waals surface area contributed by atoms with Crippen LogP contribution in [0.2, 0.25) is 0 Å². The topological polar surface area (TPSA) is 66.4 Å². The third kappa shape index (κ3) is 3.70. The Morgan fingerprint density at radius 3 is 2.21 bits per heavy atom. The molecule has 0 saturated heterocycles. The van der Waals surface area contributed by atoms with Gasteiger partial charge in [-0.25, -0.2) is 18.0 Å². The second-order valence-corrected chi connectivity index (χ2v) is 3.90. The number of halogens is 3. The van der Waals surface area contributed by atoms with Gasteiger partial charge in [-0.2, -0.15) is 0 Å². The van der Waals surface area contributed by atoms with E-state index in [2.05, 4.69) is 0 Å². The third-order valence-corrected chi connectivity index (χ3v) is 2.41. The van der Waals surface area contributed by atoms with E-state index < -0.39 is 40.9 Å². The Kier molecular flexibility index (Phi) is 4.91. The number of nitrogens with one attached hydrogen (secondary N) is 1. The second kappa shape index (κ2) is 6.21. The lowest BCUT2D eigenvalue weighted by Gasteiger charge is -2.14. The highest BCUT2D eigenvalue weighted by Crippen LogP contribution is 2.15. The third-order valence-electron chi connectivity index (χ3n) is 2.41. The average molecular weight is 275 g/mol. The molecule has 0 aromatic heterocycles. The molecule has 1 unspecified atom stereocenters. The molecule has 1 rings (SSSR count). The molecule has 2 N–H and O–H groups in total. The van der Waals surface area contributed by atoms with Gasteiger partial charge in [-0.1, -0.05) is 13.3 Å². The van der Waals surface area contributed by atoms with E-state index in [1.54, 1.807) is 6.92 Å². The summed E-state index contributed by atoms with van der Waals surface area (Å²) in [6.45, 7) is 1.70. The maximum atomic E-state index is 13.3. The summed E-state index contributed by atoms with van der Waals surface area (Å²) in [5, 5.41) is 10.8. The van der Waals surface area contributed by atoms with Crippen LogP contribution in [0.1, 0.15) is 30.1 Å². The molecule has 0 aliphatic rings. The molecule has 7 heteroatoms. The van der Waals surface area contributed by atoms with Crippen molar-refractivity contribution in [2.24, 2.45) is 0 Å². The van der Waals surface area contributed by atoms with Crippen LogP contribution in [0.5, 0.6) is 0 Å². The molecule has 0 bridgehead atoms. The maximum Gasteiger partial charge on any atom is 0.326 e. The van der Waals surface area contributed by atoms with Gasteiger partial charge < -0.3 is 10.4 Å². The average Bonchev–Trinajstić information content (AvgIpc) is 2.26. The standard InChI is InChI=1S/C12H12F3NO3/c1-2-3-9(12(18)19)16-11(17)10-7(14)4-6(13)5-8(10)15/h4-5,9H,2-3H2,1H3,(H,16,17)(H,18,19). The van der Waals surface area contributed by atoms with Gasteiger partial charge in [-0.3, -0.25) is 4.79 Å². The van der Waals surface area contributed by atoms with E-state index in [0.29, 0.717) is 18.6 Å². The Bertz CT molecular complexity index is 482. The highest BCUT2D eigenvalue weighted by Gasteiger charge is 2.24. The monoisotopic (exact) mass is 275 g/mol. The maximum absolute atomic E-state index is 13.3. The number of carbonyl (C=O) groups is 2. The fourth-order valence-corrected chi connectivity index (χ4v) is 1.54. The van der Waals surface area contributed by atoms with Crippen molar-refractivity contribution in [2.75, 3.05) is 0 Å². The fraction of sp³-hybridized carbons (Fsp3) is 0.333. The summed E-state index contributed by atoms with van der Waals surface area (Å²) in [5.74, 6) is -6.45. The van der Waals surface area contributed by atoms with Crippen molar-refractivity contribution in [3.63, 3.8) is 0 Å². The van der Waals surface area contributed by atoms with Crippen molar-refractivity contribution >= 4 is 11.9 Å². The predicted octanol–water partition coefficient (Wildman–Crippen LogP) is 2.09. The predicted molar refractivity (Wildman–Crippen MR) is 60.1 cm³/mol. The number of aliphatic carboxylic acids is 1. The summed E-state index contributed by atoms with van der Waals surface area (Å²) < 4.78 is 39.3. The van der Waals surface area contributed by atoms with Gasteiger partial charge >= 0.3 is 5.97 Å². The number of carbonyl (C=O) groups excluding carboxylic acids is 1. The summed E-state index contributed by atoms with van der Waals surface area (Å²) in [4.78, 5) is 22.4. The smallest absolute Gasteiger partial charge is 0.326 e. The van der Waals surface area contributed by atoms with Gasteiger partial charge in [0.05, 0.1) is 0 Å². The summed E-state index contributed by atoms with van der Waals surface area (Å²) in [6, 6.07) is -0.539. The molecule has 0 fully saturated rings. The largest absolute Gasteiger partial charge is 0.480 e. The zero-order chi connectivity index (χ0) is 14.6. The molecule has 19 heavy (non-hydrogen) atoms. The van der Waals surface area contributed by atoms with E-state index in [1.807, 2.05) is 5.32 Å². The minimum Gasteiger partial charge on any atom is -0.480 e. The number of carboxylic acid groups (broad SMARTS) is 1. The molecule has 4 nitrogen and oxygen atoms in total. The van der Waals surface area contributed by atoms with Crippen LogP contribution in [-0.4, -0.2) is 23.0 Å². The summed E-state index contributed by atoms with van der Waals surface area (Å²) in [7, 11) is 0. The van der Waals surface area contributed by atoms with E-state index in [4.69, 9.17) is 5.11 Å². The lowest BCUT2D eigenvalue weighted by molar-refractivity contribution is -0.139. The van der Waals surface area contributed by atoms with Crippen LogP contribution in [0.25, 0.3) is 0 Å². The summed E-state index contributed by atoms with van der Waals surface area (Å²) >= 11 is 0. The molecule has 0 aliphatic carbocycles. The van der Waals surface area contributed by atoms with E-state index in [1.165, 1.54) is 0 Å². The highest BCUT2D eigenvalue weighted by atomic mass is 19.1. The van der Waals surface area contributed by atoms with Gasteiger partial charge in [-0.15, -0.1) is 0 Å². The van der Waals surface area contributed by atoms with Crippen molar-refractivity contribution in [1.29, 1.82) is 0 Å². The van der Waals surface area contributed by atoms with Gasteiger partial charge in [-0.05, 0) is 6.42 Å². The fourth-order valence-electron chi connectivity index (χ4n) is 1.54. The molecule has 0 heterocycles. The molecular weight excluding hydrogens is 263 g/mol. The van der Waals surface area contributed by atoms with Crippen molar-refractivity contribution in [2.45, 2.75) is 25.8 Å². The van der Waals surface area contributed by atoms with Gasteiger partial charge in [0.1, 0.15) is 29.1 Å². The van der Waals surface area contributed by atoms with Crippen molar-refractivity contribution < 1.29 is 27.9 Å². The van der Waals surface area contributed by atoms with Crippen molar-refractivity contribution in [3.05, 3.63) is 35.1 Å². The van der Waals surface area contributed by atoms with Gasteiger partial charge in [0.15, 0.2) is 0 Å². The van der Waals surface area contributed by atoms with E-state index in [9.17, 15) is 22.8 Å². The molecule has 1 amide bonds. The number of rotatable bonds is 5. The SMILES string of the molecule is CCCC(NC(=O)c1c(F)cc(F)cc1F)C(=O)O. The molecule has 0 spiro atoms. The Morgan fingerprint density at radius 2 is 1.79 bits per heavy atom. The van der Waals surface area contributed by atoms with Crippen LogP contribution in [0, 0.1) is 17.5 Å². The van der Waals surface area contributed by atoms with Crippen LogP contribution < -0.4 is 5.32 Å². The van der Waals surface area contributed by atoms with Gasteiger partial charge in [0, 0.05) is 12.1 Å². The normalized spacial score (nSPS) is 12.0. The van der Waals surface area contributed by atoms with Crippen LogP contribution in [0.15, 0.2) is 12.1 Å². The van der Waals surface area contributed by atoms with E-state index in [0.717, 1.165) is 0 Å². The first kappa shape index (κ1) is 15.0. The van der Waals surface area contributed by atoms with Crippen molar-refractivity contribution in [3.8, 4) is 0 Å². The number of hydrogen-bond donors (Lipinski definition) is 2. The zero-order valence-electron chi connectivity index (χ0n) is 10.0. The minimum atomic E-state index is -1.38. The summed E-state index contributed by atoms with van der Waals surface area (Å²) in [5.41, 5.74) is -0.997. The first-order chi connectivity index (χ1) is 8.86. The Labute approximate surface area is 107 Å². The zero-order valence-corrected chi connectivity index (χ0v) is 10.0. The van der Waals surface area contributed by atoms with Gasteiger partial charge in [0.2, 0.25) is 0 Å². The van der Waals surface area contributed by atoms with Crippen LogP contribution in [-0.2, 0) is 4.79 Å². The lowest BCUT2D eigenvalue weighted by atomic mass is 10.1.